The average Bonchev–Trinajstić information content (AvgIpc) is 2.30. The molecule has 0 aliphatic carbocycles. The Morgan fingerprint density at radius 3 is 2.44 bits per heavy atom. The summed E-state index contributed by atoms with van der Waals surface area (Å²) in [6, 6.07) is -0.433. The van der Waals surface area contributed by atoms with Crippen LogP contribution in [0.3, 0.4) is 0 Å². The largest absolute Gasteiger partial charge is 0.394 e. The van der Waals surface area contributed by atoms with Crippen LogP contribution in [-0.2, 0) is 6.42 Å². The molecule has 0 aliphatic heterocycles. The molecule has 1 aromatic rings. The summed E-state index contributed by atoms with van der Waals surface area (Å²) >= 11 is 0. The van der Waals surface area contributed by atoms with E-state index < -0.39 is 6.04 Å². The molecule has 0 aromatic carbocycles. The molecule has 90 valence electrons. The SMILES string of the molecule is CCc1nc(N)c(C)c(NC(CO)CO)n1. The fraction of sp³-hybridized carbons (Fsp3) is 0.600. The Balaban J connectivity index is 2.97. The van der Waals surface area contributed by atoms with Gasteiger partial charge in [-0.3, -0.25) is 0 Å². The summed E-state index contributed by atoms with van der Waals surface area (Å²) in [6.07, 6.45) is 0.683. The van der Waals surface area contributed by atoms with E-state index in [4.69, 9.17) is 15.9 Å². The standard InChI is InChI=1S/C10H18N4O2/c1-3-8-13-9(11)6(2)10(14-8)12-7(4-15)5-16/h7,15-16H,3-5H2,1-2H3,(H3,11,12,13,14). The molecule has 0 unspecified atom stereocenters. The second kappa shape index (κ2) is 5.62. The Bertz CT molecular complexity index is 353. The Morgan fingerprint density at radius 2 is 1.94 bits per heavy atom. The van der Waals surface area contributed by atoms with Gasteiger partial charge in [-0.1, -0.05) is 6.92 Å². The summed E-state index contributed by atoms with van der Waals surface area (Å²) in [5.41, 5.74) is 6.47. The molecule has 5 N–H and O–H groups in total. The van der Waals surface area contributed by atoms with Crippen LogP contribution < -0.4 is 11.1 Å². The van der Waals surface area contributed by atoms with Crippen molar-refractivity contribution in [3.8, 4) is 0 Å². The zero-order valence-corrected chi connectivity index (χ0v) is 9.56. The van der Waals surface area contributed by atoms with Gasteiger partial charge in [-0.2, -0.15) is 0 Å². The minimum absolute atomic E-state index is 0.165. The predicted octanol–water partition coefficient (Wildman–Crippen LogP) is -0.305. The Morgan fingerprint density at radius 1 is 1.31 bits per heavy atom. The lowest BCUT2D eigenvalue weighted by molar-refractivity contribution is 0.203. The number of nitrogens with zero attached hydrogens (tertiary/aromatic N) is 2. The van der Waals surface area contributed by atoms with Gasteiger partial charge < -0.3 is 21.3 Å². The fourth-order valence-corrected chi connectivity index (χ4v) is 1.22. The van der Waals surface area contributed by atoms with Crippen LogP contribution in [0.15, 0.2) is 0 Å². The van der Waals surface area contributed by atoms with Crippen molar-refractivity contribution in [3.63, 3.8) is 0 Å². The molecule has 0 aliphatic rings. The quantitative estimate of drug-likeness (QED) is 0.549. The second-order valence-electron chi connectivity index (χ2n) is 3.56. The number of aryl methyl sites for hydroxylation is 1. The van der Waals surface area contributed by atoms with E-state index in [9.17, 15) is 0 Å². The Hall–Kier alpha value is -1.40. The molecule has 0 amide bonds. The lowest BCUT2D eigenvalue weighted by atomic mass is 10.2. The van der Waals surface area contributed by atoms with Crippen molar-refractivity contribution in [1.82, 2.24) is 9.97 Å². The van der Waals surface area contributed by atoms with Gasteiger partial charge in [0.2, 0.25) is 0 Å². The molecule has 0 saturated heterocycles. The van der Waals surface area contributed by atoms with E-state index in [1.54, 1.807) is 6.92 Å². The summed E-state index contributed by atoms with van der Waals surface area (Å²) in [6.45, 7) is 3.40. The highest BCUT2D eigenvalue weighted by molar-refractivity contribution is 5.55. The highest BCUT2D eigenvalue weighted by Crippen LogP contribution is 2.18. The lowest BCUT2D eigenvalue weighted by Crippen LogP contribution is -2.29. The van der Waals surface area contributed by atoms with Gasteiger partial charge >= 0.3 is 0 Å². The van der Waals surface area contributed by atoms with Crippen LogP contribution in [0.5, 0.6) is 0 Å². The maximum atomic E-state index is 8.98. The normalized spacial score (nSPS) is 10.8. The number of hydrogen-bond acceptors (Lipinski definition) is 6. The van der Waals surface area contributed by atoms with Gasteiger partial charge in [0, 0.05) is 12.0 Å². The number of aliphatic hydroxyl groups excluding tert-OH is 2. The maximum Gasteiger partial charge on any atom is 0.135 e. The highest BCUT2D eigenvalue weighted by atomic mass is 16.3. The van der Waals surface area contributed by atoms with Gasteiger partial charge in [-0.15, -0.1) is 0 Å². The van der Waals surface area contributed by atoms with E-state index in [0.717, 1.165) is 5.56 Å². The van der Waals surface area contributed by atoms with Crippen molar-refractivity contribution in [2.75, 3.05) is 24.3 Å². The topological polar surface area (TPSA) is 104 Å². The van der Waals surface area contributed by atoms with Crippen LogP contribution in [0.2, 0.25) is 0 Å². The van der Waals surface area contributed by atoms with E-state index >= 15 is 0 Å². The van der Waals surface area contributed by atoms with Crippen LogP contribution in [0.1, 0.15) is 18.3 Å². The van der Waals surface area contributed by atoms with Crippen molar-refractivity contribution < 1.29 is 10.2 Å². The van der Waals surface area contributed by atoms with Crippen LogP contribution in [0, 0.1) is 6.92 Å². The number of rotatable bonds is 5. The zero-order valence-electron chi connectivity index (χ0n) is 9.56. The summed E-state index contributed by atoms with van der Waals surface area (Å²) in [7, 11) is 0. The van der Waals surface area contributed by atoms with E-state index in [1.165, 1.54) is 0 Å². The number of aliphatic hydroxyl groups is 2. The number of nitrogens with one attached hydrogen (secondary N) is 1. The van der Waals surface area contributed by atoms with Crippen molar-refractivity contribution in [3.05, 3.63) is 11.4 Å². The minimum Gasteiger partial charge on any atom is -0.394 e. The smallest absolute Gasteiger partial charge is 0.135 e. The Kier molecular flexibility index (Phi) is 4.45. The minimum atomic E-state index is -0.433. The molecule has 0 saturated carbocycles. The third-order valence-electron chi connectivity index (χ3n) is 2.33. The third-order valence-corrected chi connectivity index (χ3v) is 2.33. The molecule has 0 atom stereocenters. The average molecular weight is 226 g/mol. The van der Waals surface area contributed by atoms with E-state index in [-0.39, 0.29) is 13.2 Å². The molecule has 1 rings (SSSR count). The molecule has 0 radical (unpaired) electrons. The summed E-state index contributed by atoms with van der Waals surface area (Å²) in [5, 5.41) is 20.9. The van der Waals surface area contributed by atoms with E-state index in [1.807, 2.05) is 6.92 Å². The van der Waals surface area contributed by atoms with Crippen molar-refractivity contribution in [2.24, 2.45) is 0 Å². The van der Waals surface area contributed by atoms with Crippen LogP contribution in [-0.4, -0.2) is 39.4 Å². The lowest BCUT2D eigenvalue weighted by Gasteiger charge is -2.17. The molecule has 6 nitrogen and oxygen atoms in total. The predicted molar refractivity (Wildman–Crippen MR) is 62.1 cm³/mol. The van der Waals surface area contributed by atoms with E-state index in [0.29, 0.717) is 23.9 Å². The summed E-state index contributed by atoms with van der Waals surface area (Å²) < 4.78 is 0. The first-order valence-corrected chi connectivity index (χ1v) is 5.23. The molecule has 0 spiro atoms. The van der Waals surface area contributed by atoms with Crippen LogP contribution in [0.4, 0.5) is 11.6 Å². The molecule has 1 aromatic heterocycles. The second-order valence-corrected chi connectivity index (χ2v) is 3.56. The number of aromatic nitrogens is 2. The first-order chi connectivity index (χ1) is 7.62. The van der Waals surface area contributed by atoms with Gasteiger partial charge in [0.1, 0.15) is 17.5 Å². The first kappa shape index (κ1) is 12.7. The number of hydrogen-bond donors (Lipinski definition) is 4. The maximum absolute atomic E-state index is 8.98. The molecule has 1 heterocycles. The van der Waals surface area contributed by atoms with Gasteiger partial charge in [0.05, 0.1) is 19.3 Å². The fourth-order valence-electron chi connectivity index (χ4n) is 1.22. The summed E-state index contributed by atoms with van der Waals surface area (Å²) in [5.74, 6) is 1.63. The van der Waals surface area contributed by atoms with Gasteiger partial charge in [-0.05, 0) is 6.92 Å². The molecule has 0 bridgehead atoms. The molecule has 0 fully saturated rings. The molecule has 6 heteroatoms. The van der Waals surface area contributed by atoms with Crippen molar-refractivity contribution >= 4 is 11.6 Å². The number of nitrogen functional groups attached to an aromatic ring is 1. The number of anilines is 2. The van der Waals surface area contributed by atoms with Crippen LogP contribution in [0.25, 0.3) is 0 Å². The number of nitrogens with two attached hydrogens (primary N) is 1. The van der Waals surface area contributed by atoms with Gasteiger partial charge in [-0.25, -0.2) is 9.97 Å². The molecule has 16 heavy (non-hydrogen) atoms. The highest BCUT2D eigenvalue weighted by Gasteiger charge is 2.12. The van der Waals surface area contributed by atoms with E-state index in [2.05, 4.69) is 15.3 Å². The molecular weight excluding hydrogens is 208 g/mol. The summed E-state index contributed by atoms with van der Waals surface area (Å²) in [4.78, 5) is 8.38. The van der Waals surface area contributed by atoms with Gasteiger partial charge in [0.15, 0.2) is 0 Å². The van der Waals surface area contributed by atoms with Crippen LogP contribution >= 0.6 is 0 Å². The van der Waals surface area contributed by atoms with Crippen molar-refractivity contribution in [2.45, 2.75) is 26.3 Å². The third kappa shape index (κ3) is 2.80. The van der Waals surface area contributed by atoms with Gasteiger partial charge in [0.25, 0.3) is 0 Å². The monoisotopic (exact) mass is 226 g/mol. The first-order valence-electron chi connectivity index (χ1n) is 5.23. The zero-order chi connectivity index (χ0) is 12.1. The van der Waals surface area contributed by atoms with Crippen molar-refractivity contribution in [1.29, 1.82) is 0 Å². The molecular formula is C10H18N4O2. The Labute approximate surface area is 94.5 Å².